The Kier molecular flexibility index (Phi) is 4.07. The Labute approximate surface area is 124 Å². The molecule has 2 aromatic carbocycles. The van der Waals surface area contributed by atoms with E-state index in [0.717, 1.165) is 12.4 Å². The van der Waals surface area contributed by atoms with E-state index in [-0.39, 0.29) is 6.04 Å². The molecule has 1 heterocycles. The van der Waals surface area contributed by atoms with Gasteiger partial charge < -0.3 is 5.32 Å². The van der Waals surface area contributed by atoms with Gasteiger partial charge in [0.05, 0.1) is 6.04 Å². The van der Waals surface area contributed by atoms with Gasteiger partial charge in [-0.15, -0.1) is 0 Å². The predicted octanol–water partition coefficient (Wildman–Crippen LogP) is 3.32. The lowest BCUT2D eigenvalue weighted by Crippen LogP contribution is -2.19. The van der Waals surface area contributed by atoms with Crippen LogP contribution in [0.15, 0.2) is 60.9 Å². The number of hydrogen-bond donors (Lipinski definition) is 2. The summed E-state index contributed by atoms with van der Waals surface area (Å²) in [6.45, 7) is 2.87. The Bertz CT molecular complexity index is 660. The van der Waals surface area contributed by atoms with E-state index < -0.39 is 0 Å². The van der Waals surface area contributed by atoms with Gasteiger partial charge in [-0.1, -0.05) is 54.6 Å². The molecule has 1 aromatic heterocycles. The zero-order valence-corrected chi connectivity index (χ0v) is 12.0. The normalized spacial score (nSPS) is 12.2. The molecule has 0 aliphatic heterocycles. The molecule has 1 unspecified atom stereocenters. The highest BCUT2D eigenvalue weighted by Gasteiger charge is 2.07. The summed E-state index contributed by atoms with van der Waals surface area (Å²) in [5.41, 5.74) is 3.73. The molecule has 0 aliphatic rings. The van der Waals surface area contributed by atoms with E-state index in [4.69, 9.17) is 0 Å². The van der Waals surface area contributed by atoms with Crippen LogP contribution in [-0.2, 0) is 6.54 Å². The molecule has 4 nitrogen and oxygen atoms in total. The lowest BCUT2D eigenvalue weighted by molar-refractivity contribution is 0.548. The van der Waals surface area contributed by atoms with E-state index in [1.54, 1.807) is 0 Å². The summed E-state index contributed by atoms with van der Waals surface area (Å²) in [5.74, 6) is 0.857. The third-order valence-electron chi connectivity index (χ3n) is 3.52. The van der Waals surface area contributed by atoms with Crippen molar-refractivity contribution in [1.82, 2.24) is 20.5 Å². The van der Waals surface area contributed by atoms with Crippen molar-refractivity contribution in [2.75, 3.05) is 0 Å². The van der Waals surface area contributed by atoms with E-state index in [9.17, 15) is 0 Å². The summed E-state index contributed by atoms with van der Waals surface area (Å²) >= 11 is 0. The molecule has 0 bridgehead atoms. The number of aromatic nitrogens is 3. The minimum absolute atomic E-state index is 0.154. The third-order valence-corrected chi connectivity index (χ3v) is 3.52. The van der Waals surface area contributed by atoms with Crippen LogP contribution in [0.4, 0.5) is 0 Å². The molecule has 0 amide bonds. The monoisotopic (exact) mass is 278 g/mol. The molecule has 0 saturated carbocycles. The molecule has 3 aromatic rings. The quantitative estimate of drug-likeness (QED) is 0.752. The lowest BCUT2D eigenvalue weighted by Gasteiger charge is -2.11. The Morgan fingerprint density at radius 1 is 1.00 bits per heavy atom. The minimum Gasteiger partial charge on any atom is -0.303 e. The first-order valence-corrected chi connectivity index (χ1v) is 7.06. The number of hydrogen-bond acceptors (Lipinski definition) is 3. The molecule has 0 spiro atoms. The molecule has 0 fully saturated rings. The molecule has 2 N–H and O–H groups in total. The van der Waals surface area contributed by atoms with Crippen LogP contribution >= 0.6 is 0 Å². The predicted molar refractivity (Wildman–Crippen MR) is 83.5 cm³/mol. The van der Waals surface area contributed by atoms with Gasteiger partial charge in [-0.3, -0.25) is 5.10 Å². The summed E-state index contributed by atoms with van der Waals surface area (Å²) in [4.78, 5) is 4.15. The van der Waals surface area contributed by atoms with Crippen molar-refractivity contribution in [3.05, 3.63) is 72.3 Å². The summed E-state index contributed by atoms with van der Waals surface area (Å²) in [7, 11) is 0. The van der Waals surface area contributed by atoms with Crippen LogP contribution in [-0.4, -0.2) is 15.2 Å². The van der Waals surface area contributed by atoms with Crippen molar-refractivity contribution in [3.63, 3.8) is 0 Å². The molecular formula is C17H18N4. The first-order chi connectivity index (χ1) is 10.3. The SMILES string of the molecule is CC(NCc1ccc(-c2ccccc2)cc1)c1ncn[nH]1. The fourth-order valence-corrected chi connectivity index (χ4v) is 2.24. The summed E-state index contributed by atoms with van der Waals surface area (Å²) < 4.78 is 0. The molecule has 0 aliphatic carbocycles. The van der Waals surface area contributed by atoms with Crippen molar-refractivity contribution >= 4 is 0 Å². The van der Waals surface area contributed by atoms with E-state index in [1.807, 2.05) is 6.07 Å². The average Bonchev–Trinajstić information content (AvgIpc) is 3.08. The third kappa shape index (κ3) is 3.35. The average molecular weight is 278 g/mol. The van der Waals surface area contributed by atoms with Crippen molar-refractivity contribution in [2.24, 2.45) is 0 Å². The van der Waals surface area contributed by atoms with Crippen LogP contribution in [0.2, 0.25) is 0 Å². The maximum absolute atomic E-state index is 4.15. The zero-order chi connectivity index (χ0) is 14.5. The van der Waals surface area contributed by atoms with Gasteiger partial charge >= 0.3 is 0 Å². The van der Waals surface area contributed by atoms with Crippen LogP contribution in [0, 0.1) is 0 Å². The maximum Gasteiger partial charge on any atom is 0.141 e. The molecule has 106 valence electrons. The van der Waals surface area contributed by atoms with Gasteiger partial charge in [-0.25, -0.2) is 4.98 Å². The van der Waals surface area contributed by atoms with Gasteiger partial charge in [0.2, 0.25) is 0 Å². The largest absolute Gasteiger partial charge is 0.303 e. The van der Waals surface area contributed by atoms with Gasteiger partial charge in [0.1, 0.15) is 12.2 Å². The van der Waals surface area contributed by atoms with Gasteiger partial charge in [0, 0.05) is 6.54 Å². The van der Waals surface area contributed by atoms with Crippen molar-refractivity contribution < 1.29 is 0 Å². The van der Waals surface area contributed by atoms with Crippen LogP contribution < -0.4 is 5.32 Å². The van der Waals surface area contributed by atoms with E-state index in [1.165, 1.54) is 23.0 Å². The van der Waals surface area contributed by atoms with Crippen LogP contribution in [0.25, 0.3) is 11.1 Å². The van der Waals surface area contributed by atoms with Gasteiger partial charge in [0.15, 0.2) is 0 Å². The minimum atomic E-state index is 0.154. The summed E-state index contributed by atoms with van der Waals surface area (Å²) in [6, 6.07) is 19.2. The highest BCUT2D eigenvalue weighted by molar-refractivity contribution is 5.63. The number of nitrogens with one attached hydrogen (secondary N) is 2. The van der Waals surface area contributed by atoms with Crippen molar-refractivity contribution in [1.29, 1.82) is 0 Å². The van der Waals surface area contributed by atoms with Gasteiger partial charge in [0.25, 0.3) is 0 Å². The number of rotatable bonds is 5. The lowest BCUT2D eigenvalue weighted by atomic mass is 10.0. The Morgan fingerprint density at radius 2 is 1.71 bits per heavy atom. The second kappa shape index (κ2) is 6.33. The van der Waals surface area contributed by atoms with Gasteiger partial charge in [-0.2, -0.15) is 5.10 Å². The first kappa shape index (κ1) is 13.5. The molecular weight excluding hydrogens is 260 g/mol. The fraction of sp³-hybridized carbons (Fsp3) is 0.176. The first-order valence-electron chi connectivity index (χ1n) is 7.06. The van der Waals surface area contributed by atoms with Crippen molar-refractivity contribution in [3.8, 4) is 11.1 Å². The van der Waals surface area contributed by atoms with Crippen LogP contribution in [0.3, 0.4) is 0 Å². The molecule has 3 rings (SSSR count). The van der Waals surface area contributed by atoms with Crippen LogP contribution in [0.5, 0.6) is 0 Å². The maximum atomic E-state index is 4.15. The molecule has 0 saturated heterocycles. The smallest absolute Gasteiger partial charge is 0.141 e. The second-order valence-electron chi connectivity index (χ2n) is 5.04. The Morgan fingerprint density at radius 3 is 2.38 bits per heavy atom. The topological polar surface area (TPSA) is 53.6 Å². The fourth-order valence-electron chi connectivity index (χ4n) is 2.24. The van der Waals surface area contributed by atoms with Crippen molar-refractivity contribution in [2.45, 2.75) is 19.5 Å². The zero-order valence-electron chi connectivity index (χ0n) is 12.0. The van der Waals surface area contributed by atoms with E-state index in [0.29, 0.717) is 0 Å². The standard InChI is InChI=1S/C17H18N4/c1-13(17-19-12-20-21-17)18-11-14-7-9-16(10-8-14)15-5-3-2-4-6-15/h2-10,12-13,18H,11H2,1H3,(H,19,20,21). The Balaban J connectivity index is 1.62. The van der Waals surface area contributed by atoms with Gasteiger partial charge in [-0.05, 0) is 23.6 Å². The molecule has 0 radical (unpaired) electrons. The number of H-pyrrole nitrogens is 1. The highest BCUT2D eigenvalue weighted by atomic mass is 15.2. The number of aromatic amines is 1. The summed E-state index contributed by atoms with van der Waals surface area (Å²) in [6.07, 6.45) is 1.53. The summed E-state index contributed by atoms with van der Waals surface area (Å²) in [5, 5.41) is 10.2. The van der Waals surface area contributed by atoms with E-state index in [2.05, 4.69) is 76.0 Å². The van der Waals surface area contributed by atoms with E-state index >= 15 is 0 Å². The number of nitrogens with zero attached hydrogens (tertiary/aromatic N) is 2. The molecule has 1 atom stereocenters. The Hall–Kier alpha value is -2.46. The molecule has 4 heteroatoms. The van der Waals surface area contributed by atoms with Crippen LogP contribution in [0.1, 0.15) is 24.4 Å². The molecule has 21 heavy (non-hydrogen) atoms. The number of benzene rings is 2. The highest BCUT2D eigenvalue weighted by Crippen LogP contribution is 2.19. The second-order valence-corrected chi connectivity index (χ2v) is 5.04.